The number of nitriles is 1. The summed E-state index contributed by atoms with van der Waals surface area (Å²) in [5.74, 6) is 0. The van der Waals surface area contributed by atoms with E-state index in [1.165, 1.54) is 32.6 Å². The predicted octanol–water partition coefficient (Wildman–Crippen LogP) is 17.8. The van der Waals surface area contributed by atoms with Crippen molar-refractivity contribution < 1.29 is 0 Å². The highest BCUT2D eigenvalue weighted by atomic mass is 15.1. The van der Waals surface area contributed by atoms with Gasteiger partial charge >= 0.3 is 0 Å². The minimum atomic E-state index is 0.308. The summed E-state index contributed by atoms with van der Waals surface area (Å²) in [7, 11) is 0. The Labute approximate surface area is 425 Å². The molecule has 0 amide bonds. The zero-order valence-corrected chi connectivity index (χ0v) is 39.8. The maximum atomic E-state index is 10.7. The molecule has 0 bridgehead atoms. The molecule has 6 nitrogen and oxygen atoms in total. The number of para-hydroxylation sites is 6. The molecule has 0 saturated heterocycles. The summed E-state index contributed by atoms with van der Waals surface area (Å²) < 4.78 is 9.29. The van der Waals surface area contributed by atoms with Gasteiger partial charge in [0.05, 0.1) is 73.7 Å². The van der Waals surface area contributed by atoms with E-state index in [9.17, 15) is 5.26 Å². The minimum Gasteiger partial charge on any atom is -0.309 e. The molecule has 15 aromatic rings. The fraction of sp³-hybridized carbons (Fsp3) is 0. The molecular weight excluding hydrogens is 901 g/mol. The Kier molecular flexibility index (Phi) is 8.99. The van der Waals surface area contributed by atoms with Gasteiger partial charge in [0, 0.05) is 54.5 Å². The first-order valence-electron chi connectivity index (χ1n) is 24.8. The van der Waals surface area contributed by atoms with Gasteiger partial charge in [-0.05, 0) is 119 Å². The van der Waals surface area contributed by atoms with Gasteiger partial charge in [-0.15, -0.1) is 0 Å². The van der Waals surface area contributed by atoms with E-state index in [0.717, 1.165) is 99.6 Å². The first-order chi connectivity index (χ1) is 36.6. The molecule has 0 N–H and O–H groups in total. The van der Waals surface area contributed by atoms with Crippen molar-refractivity contribution in [3.05, 3.63) is 260 Å². The zero-order valence-electron chi connectivity index (χ0n) is 39.8. The number of rotatable bonds is 6. The third-order valence-corrected chi connectivity index (χ3v) is 15.2. The van der Waals surface area contributed by atoms with Crippen LogP contribution in [0.2, 0.25) is 0 Å². The first kappa shape index (κ1) is 41.4. The van der Waals surface area contributed by atoms with Gasteiger partial charge in [-0.2, -0.15) is 5.26 Å². The molecule has 4 heterocycles. The Hall–Kier alpha value is -10.4. The van der Waals surface area contributed by atoms with Crippen molar-refractivity contribution in [2.75, 3.05) is 0 Å². The normalized spacial score (nSPS) is 11.8. The summed E-state index contributed by atoms with van der Waals surface area (Å²) in [6.45, 7) is 8.33. The second kappa shape index (κ2) is 16.1. The van der Waals surface area contributed by atoms with Crippen LogP contribution in [0.15, 0.2) is 243 Å². The minimum absolute atomic E-state index is 0.308. The molecule has 0 spiro atoms. The van der Waals surface area contributed by atoms with E-state index in [0.29, 0.717) is 11.3 Å². The first-order valence-corrected chi connectivity index (χ1v) is 24.8. The molecule has 0 fully saturated rings. The van der Waals surface area contributed by atoms with Crippen molar-refractivity contribution in [1.29, 1.82) is 5.26 Å². The molecule has 0 saturated carbocycles. The van der Waals surface area contributed by atoms with Crippen LogP contribution < -0.4 is 0 Å². The quantitative estimate of drug-likeness (QED) is 0.153. The third kappa shape index (κ3) is 6.04. The number of aromatic nitrogens is 4. The summed E-state index contributed by atoms with van der Waals surface area (Å²) in [6.07, 6.45) is 0. The summed E-state index contributed by atoms with van der Waals surface area (Å²) in [5.41, 5.74) is 17.6. The van der Waals surface area contributed by atoms with Crippen LogP contribution in [-0.4, -0.2) is 18.3 Å². The Morgan fingerprint density at radius 3 is 1.07 bits per heavy atom. The van der Waals surface area contributed by atoms with Gasteiger partial charge in [0.1, 0.15) is 0 Å². The molecule has 0 aliphatic carbocycles. The molecule has 0 atom stereocenters. The van der Waals surface area contributed by atoms with Gasteiger partial charge in [-0.25, -0.2) is 4.85 Å². The molecule has 4 aromatic heterocycles. The highest BCUT2D eigenvalue weighted by Crippen LogP contribution is 2.44. The number of hydrogen-bond donors (Lipinski definition) is 0. The van der Waals surface area contributed by atoms with Gasteiger partial charge in [-0.3, -0.25) is 0 Å². The average molecular weight is 941 g/mol. The van der Waals surface area contributed by atoms with Gasteiger partial charge in [-0.1, -0.05) is 146 Å². The van der Waals surface area contributed by atoms with Crippen LogP contribution in [0, 0.1) is 17.9 Å². The smallest absolute Gasteiger partial charge is 0.206 e. The van der Waals surface area contributed by atoms with Crippen molar-refractivity contribution in [1.82, 2.24) is 18.3 Å². The fourth-order valence-corrected chi connectivity index (χ4v) is 11.9. The second-order valence-electron chi connectivity index (χ2n) is 19.1. The lowest BCUT2D eigenvalue weighted by Crippen LogP contribution is -2.04. The number of benzene rings is 11. The monoisotopic (exact) mass is 940 g/mol. The predicted molar refractivity (Wildman–Crippen MR) is 306 cm³/mol. The average Bonchev–Trinajstić information content (AvgIpc) is 4.20. The highest BCUT2D eigenvalue weighted by Gasteiger charge is 2.23. The van der Waals surface area contributed by atoms with E-state index in [4.69, 9.17) is 6.57 Å². The highest BCUT2D eigenvalue weighted by molar-refractivity contribution is 6.15. The fourth-order valence-electron chi connectivity index (χ4n) is 11.9. The van der Waals surface area contributed by atoms with Crippen LogP contribution in [0.1, 0.15) is 5.56 Å². The molecule has 0 unspecified atom stereocenters. The third-order valence-electron chi connectivity index (χ3n) is 15.2. The Bertz CT molecular complexity index is 4600. The lowest BCUT2D eigenvalue weighted by molar-refractivity contribution is 1.09. The standard InChI is InChI=1S/C68H40N6/c1-70-58-41-68(74-62-27-15-11-23-53(62)57-37-44(31-35-64(57)74)46-29-33-55-51-21-9-13-25-60(51)72(66(55)39-46)49-18-6-3-7-19-49)67(40-47(58)42-69)73-61-26-14-10-22-52(61)56-36-43(30-34-63(56)73)45-28-32-54-50-20-8-12-24-59(50)71(65(54)38-45)48-16-4-2-5-17-48/h2-41H. The molecule has 74 heavy (non-hydrogen) atoms. The van der Waals surface area contributed by atoms with E-state index in [1.807, 2.05) is 12.1 Å². The van der Waals surface area contributed by atoms with Crippen molar-refractivity contribution in [3.63, 3.8) is 0 Å². The second-order valence-corrected chi connectivity index (χ2v) is 19.1. The van der Waals surface area contributed by atoms with Crippen molar-refractivity contribution >= 4 is 92.9 Å². The lowest BCUT2D eigenvalue weighted by Gasteiger charge is -2.18. The SMILES string of the molecule is [C-]#[N+]c1cc(-n2c3ccccc3c3cc(-c4ccc5c6ccccc6n(-c6ccccc6)c5c4)ccc32)c(-n2c3ccccc3c3cc(-c4ccc5c6ccccc6n(-c6ccccc6)c5c4)ccc32)cc1C#N. The van der Waals surface area contributed by atoms with Crippen LogP contribution in [-0.2, 0) is 0 Å². The number of nitrogens with zero attached hydrogens (tertiary/aromatic N) is 6. The van der Waals surface area contributed by atoms with Gasteiger partial charge in [0.2, 0.25) is 5.69 Å². The Morgan fingerprint density at radius 2 is 0.635 bits per heavy atom. The number of hydrogen-bond acceptors (Lipinski definition) is 1. The van der Waals surface area contributed by atoms with Crippen LogP contribution in [0.25, 0.3) is 137 Å². The molecular formula is C68H40N6. The van der Waals surface area contributed by atoms with Crippen molar-refractivity contribution in [2.45, 2.75) is 0 Å². The van der Waals surface area contributed by atoms with E-state index in [-0.39, 0.29) is 0 Å². The van der Waals surface area contributed by atoms with Crippen molar-refractivity contribution in [3.8, 4) is 51.1 Å². The van der Waals surface area contributed by atoms with Crippen LogP contribution in [0.3, 0.4) is 0 Å². The van der Waals surface area contributed by atoms with Gasteiger partial charge in [0.25, 0.3) is 0 Å². The van der Waals surface area contributed by atoms with E-state index < -0.39 is 0 Å². The number of fused-ring (bicyclic) bond motifs is 12. The maximum Gasteiger partial charge on any atom is 0.206 e. The van der Waals surface area contributed by atoms with E-state index in [1.54, 1.807) is 0 Å². The molecule has 0 aliphatic rings. The summed E-state index contributed by atoms with van der Waals surface area (Å²) in [4.78, 5) is 3.95. The van der Waals surface area contributed by atoms with E-state index >= 15 is 0 Å². The molecule has 6 heteroatoms. The summed E-state index contributed by atoms with van der Waals surface area (Å²) in [5, 5.41) is 19.9. The van der Waals surface area contributed by atoms with Gasteiger partial charge in [0.15, 0.2) is 0 Å². The molecule has 11 aromatic carbocycles. The summed E-state index contributed by atoms with van der Waals surface area (Å²) in [6, 6.07) is 88.8. The zero-order chi connectivity index (χ0) is 49.0. The van der Waals surface area contributed by atoms with Crippen LogP contribution in [0.5, 0.6) is 0 Å². The topological polar surface area (TPSA) is 47.9 Å². The van der Waals surface area contributed by atoms with Crippen LogP contribution in [0.4, 0.5) is 5.69 Å². The molecule has 0 radical (unpaired) electrons. The van der Waals surface area contributed by atoms with Crippen LogP contribution >= 0.6 is 0 Å². The molecule has 342 valence electrons. The lowest BCUT2D eigenvalue weighted by atomic mass is 10.0. The van der Waals surface area contributed by atoms with Crippen molar-refractivity contribution in [2.24, 2.45) is 0 Å². The Balaban J connectivity index is 0.925. The Morgan fingerprint density at radius 1 is 0.297 bits per heavy atom. The summed E-state index contributed by atoms with van der Waals surface area (Å²) >= 11 is 0. The molecule has 0 aliphatic heterocycles. The maximum absolute atomic E-state index is 10.7. The molecule has 15 rings (SSSR count). The van der Waals surface area contributed by atoms with E-state index in [2.05, 4.69) is 260 Å². The largest absolute Gasteiger partial charge is 0.309 e. The van der Waals surface area contributed by atoms with Gasteiger partial charge < -0.3 is 18.3 Å².